The first-order valence-electron chi connectivity index (χ1n) is 8.79. The number of anilines is 2. The van der Waals surface area contributed by atoms with Crippen LogP contribution in [-0.4, -0.2) is 15.6 Å². The molecule has 2 aromatic carbocycles. The van der Waals surface area contributed by atoms with Crippen molar-refractivity contribution < 1.29 is 9.18 Å². The zero-order valence-electron chi connectivity index (χ0n) is 14.8. The Balaban J connectivity index is 1.83. The van der Waals surface area contributed by atoms with Gasteiger partial charge in [0.05, 0.1) is 16.9 Å². The van der Waals surface area contributed by atoms with E-state index in [0.29, 0.717) is 17.8 Å². The van der Waals surface area contributed by atoms with Crippen molar-refractivity contribution in [2.24, 2.45) is 0 Å². The average molecular weight is 349 g/mol. The Morgan fingerprint density at radius 3 is 2.62 bits per heavy atom. The van der Waals surface area contributed by atoms with E-state index >= 15 is 0 Å². The van der Waals surface area contributed by atoms with Crippen molar-refractivity contribution in [2.75, 3.05) is 5.32 Å². The van der Waals surface area contributed by atoms with Crippen molar-refractivity contribution in [2.45, 2.75) is 33.1 Å². The number of fused-ring (bicyclic) bond motifs is 1. The van der Waals surface area contributed by atoms with E-state index in [-0.39, 0.29) is 11.6 Å². The zero-order chi connectivity index (χ0) is 18.3. The minimum Gasteiger partial charge on any atom is -0.338 e. The van der Waals surface area contributed by atoms with E-state index in [2.05, 4.69) is 23.4 Å². The van der Waals surface area contributed by atoms with Gasteiger partial charge in [0.2, 0.25) is 0 Å². The van der Waals surface area contributed by atoms with Gasteiger partial charge >= 0.3 is 0 Å². The maximum Gasteiger partial charge on any atom is 0.168 e. The summed E-state index contributed by atoms with van der Waals surface area (Å²) in [6.07, 6.45) is 2.12. The molecular weight excluding hydrogens is 329 g/mol. The van der Waals surface area contributed by atoms with Crippen molar-refractivity contribution in [3.05, 3.63) is 70.7 Å². The lowest BCUT2D eigenvalue weighted by molar-refractivity contribution is 0.0973. The topological polar surface area (TPSA) is 46.9 Å². The number of carbonyl (C=O) groups is 1. The molecule has 26 heavy (non-hydrogen) atoms. The van der Waals surface area contributed by atoms with E-state index in [1.165, 1.54) is 17.7 Å². The second kappa shape index (κ2) is 6.41. The van der Waals surface area contributed by atoms with E-state index in [1.807, 2.05) is 19.1 Å². The Kier molecular flexibility index (Phi) is 4.07. The largest absolute Gasteiger partial charge is 0.338 e. The molecule has 1 N–H and O–H groups in total. The van der Waals surface area contributed by atoms with E-state index < -0.39 is 0 Å². The first-order chi connectivity index (χ1) is 12.5. The van der Waals surface area contributed by atoms with Crippen molar-refractivity contribution in [1.29, 1.82) is 0 Å². The average Bonchev–Trinajstić information content (AvgIpc) is 2.99. The third-order valence-corrected chi connectivity index (χ3v) is 5.01. The Hall–Kier alpha value is -2.95. The summed E-state index contributed by atoms with van der Waals surface area (Å²) < 4.78 is 15.0. The van der Waals surface area contributed by atoms with Crippen LogP contribution in [0.15, 0.2) is 42.5 Å². The van der Waals surface area contributed by atoms with Crippen LogP contribution in [0.3, 0.4) is 0 Å². The molecule has 0 saturated heterocycles. The third-order valence-electron chi connectivity index (χ3n) is 5.01. The lowest BCUT2D eigenvalue weighted by atomic mass is 9.95. The molecule has 0 unspecified atom stereocenters. The molecule has 0 aliphatic heterocycles. The van der Waals surface area contributed by atoms with Gasteiger partial charge in [-0.1, -0.05) is 12.1 Å². The van der Waals surface area contributed by atoms with E-state index in [1.54, 1.807) is 16.8 Å². The van der Waals surface area contributed by atoms with Crippen LogP contribution in [0.1, 0.15) is 40.0 Å². The van der Waals surface area contributed by atoms with Crippen LogP contribution >= 0.6 is 0 Å². The van der Waals surface area contributed by atoms with E-state index in [4.69, 9.17) is 0 Å². The number of carbonyl (C=O) groups excluding carboxylic acids is 1. The van der Waals surface area contributed by atoms with Gasteiger partial charge < -0.3 is 5.32 Å². The lowest BCUT2D eigenvalue weighted by Crippen LogP contribution is -2.13. The first-order valence-corrected chi connectivity index (χ1v) is 8.79. The number of halogens is 1. The fraction of sp³-hybridized carbons (Fsp3) is 0.238. The van der Waals surface area contributed by atoms with Crippen LogP contribution in [-0.2, 0) is 6.42 Å². The summed E-state index contributed by atoms with van der Waals surface area (Å²) in [7, 11) is 0. The second-order valence-electron chi connectivity index (χ2n) is 6.71. The molecule has 132 valence electrons. The summed E-state index contributed by atoms with van der Waals surface area (Å²) in [4.78, 5) is 12.6. The number of hydrogen-bond acceptors (Lipinski definition) is 3. The van der Waals surface area contributed by atoms with Crippen LogP contribution in [0.5, 0.6) is 0 Å². The smallest absolute Gasteiger partial charge is 0.168 e. The number of benzene rings is 2. The minimum absolute atomic E-state index is 0.104. The number of rotatable bonds is 3. The highest BCUT2D eigenvalue weighted by atomic mass is 19.1. The number of Topliss-reactive ketones (excluding diaryl/α,β-unsaturated/α-hetero) is 1. The quantitative estimate of drug-likeness (QED) is 0.732. The highest BCUT2D eigenvalue weighted by Gasteiger charge is 2.28. The van der Waals surface area contributed by atoms with E-state index in [9.17, 15) is 9.18 Å². The molecule has 0 amide bonds. The summed E-state index contributed by atoms with van der Waals surface area (Å²) in [6.45, 7) is 4.10. The number of nitrogens with one attached hydrogen (secondary N) is 1. The summed E-state index contributed by atoms with van der Waals surface area (Å²) in [5.74, 6) is 0.384. The maximum atomic E-state index is 13.3. The predicted octanol–water partition coefficient (Wildman–Crippen LogP) is 4.89. The standard InChI is InChI=1S/C21H20FN3O/c1-13-5-3-6-17(14(13)2)23-21-20-18(7-4-8-19(20)26)25(24-21)16-11-9-15(22)10-12-16/h3,5-6,9-12H,4,7-8H2,1-2H3,(H,23,24). The van der Waals surface area contributed by atoms with Gasteiger partial charge in [-0.05, 0) is 68.1 Å². The van der Waals surface area contributed by atoms with Crippen LogP contribution in [0, 0.1) is 19.7 Å². The number of ketones is 1. The van der Waals surface area contributed by atoms with Crippen LogP contribution in [0.25, 0.3) is 5.69 Å². The Morgan fingerprint density at radius 2 is 1.85 bits per heavy atom. The minimum atomic E-state index is -0.292. The molecule has 1 aromatic heterocycles. The van der Waals surface area contributed by atoms with Gasteiger partial charge in [-0.15, -0.1) is 5.10 Å². The van der Waals surface area contributed by atoms with Crippen LogP contribution < -0.4 is 5.32 Å². The SMILES string of the molecule is Cc1cccc(Nc2nn(-c3ccc(F)cc3)c3c2C(=O)CCC3)c1C. The monoisotopic (exact) mass is 349 g/mol. The van der Waals surface area contributed by atoms with Gasteiger partial charge in [0.25, 0.3) is 0 Å². The molecule has 0 radical (unpaired) electrons. The summed E-state index contributed by atoms with van der Waals surface area (Å²) in [5.41, 5.74) is 5.54. The molecular formula is C21H20FN3O. The number of nitrogens with zero attached hydrogens (tertiary/aromatic N) is 2. The normalized spacial score (nSPS) is 13.6. The highest BCUT2D eigenvalue weighted by Crippen LogP contribution is 2.32. The molecule has 1 aliphatic rings. The Labute approximate surface area is 151 Å². The van der Waals surface area contributed by atoms with Gasteiger partial charge in [0.15, 0.2) is 11.6 Å². The molecule has 1 heterocycles. The number of aryl methyl sites for hydroxylation is 1. The molecule has 0 atom stereocenters. The first kappa shape index (κ1) is 16.5. The summed E-state index contributed by atoms with van der Waals surface area (Å²) in [5, 5.41) is 8.02. The molecule has 1 aliphatic carbocycles. The van der Waals surface area contributed by atoms with E-state index in [0.717, 1.165) is 35.5 Å². The van der Waals surface area contributed by atoms with Gasteiger partial charge in [-0.2, -0.15) is 0 Å². The molecule has 0 bridgehead atoms. The van der Waals surface area contributed by atoms with Gasteiger partial charge in [0, 0.05) is 12.1 Å². The zero-order valence-corrected chi connectivity index (χ0v) is 14.8. The van der Waals surface area contributed by atoms with Crippen molar-refractivity contribution in [1.82, 2.24) is 9.78 Å². The molecule has 5 heteroatoms. The molecule has 0 fully saturated rings. The Bertz CT molecular complexity index is 989. The predicted molar refractivity (Wildman–Crippen MR) is 100.0 cm³/mol. The van der Waals surface area contributed by atoms with Gasteiger partial charge in [0.1, 0.15) is 5.82 Å². The number of aromatic nitrogens is 2. The number of hydrogen-bond donors (Lipinski definition) is 1. The maximum absolute atomic E-state index is 13.3. The molecule has 4 nitrogen and oxygen atoms in total. The fourth-order valence-corrected chi connectivity index (χ4v) is 3.42. The lowest BCUT2D eigenvalue weighted by Gasteiger charge is -2.14. The summed E-state index contributed by atoms with van der Waals surface area (Å²) in [6, 6.07) is 12.2. The Morgan fingerprint density at radius 1 is 1.08 bits per heavy atom. The van der Waals surface area contributed by atoms with Gasteiger partial charge in [-0.3, -0.25) is 4.79 Å². The second-order valence-corrected chi connectivity index (χ2v) is 6.71. The van der Waals surface area contributed by atoms with Crippen molar-refractivity contribution >= 4 is 17.3 Å². The summed E-state index contributed by atoms with van der Waals surface area (Å²) >= 11 is 0. The molecule has 4 rings (SSSR count). The van der Waals surface area contributed by atoms with Crippen LogP contribution in [0.2, 0.25) is 0 Å². The molecule has 0 spiro atoms. The third kappa shape index (κ3) is 2.79. The van der Waals surface area contributed by atoms with Gasteiger partial charge in [-0.25, -0.2) is 9.07 Å². The molecule has 3 aromatic rings. The van der Waals surface area contributed by atoms with Crippen molar-refractivity contribution in [3.8, 4) is 5.69 Å². The fourth-order valence-electron chi connectivity index (χ4n) is 3.42. The molecule has 0 saturated carbocycles. The van der Waals surface area contributed by atoms with Crippen LogP contribution in [0.4, 0.5) is 15.9 Å². The highest BCUT2D eigenvalue weighted by molar-refractivity contribution is 6.03. The van der Waals surface area contributed by atoms with Crippen molar-refractivity contribution in [3.63, 3.8) is 0 Å².